The first-order valence-electron chi connectivity index (χ1n) is 6.28. The lowest BCUT2D eigenvalue weighted by Gasteiger charge is -2.19. The van der Waals surface area contributed by atoms with Gasteiger partial charge in [-0.05, 0) is 36.5 Å². The predicted octanol–water partition coefficient (Wildman–Crippen LogP) is 3.80. The quantitative estimate of drug-likeness (QED) is 0.785. The van der Waals surface area contributed by atoms with Crippen molar-refractivity contribution in [1.29, 1.82) is 0 Å². The van der Waals surface area contributed by atoms with Gasteiger partial charge in [-0.15, -0.1) is 0 Å². The average molecular weight is 274 g/mol. The highest BCUT2D eigenvalue weighted by Crippen LogP contribution is 2.45. The molecule has 0 heterocycles. The molecule has 1 atom stereocenters. The van der Waals surface area contributed by atoms with Crippen LogP contribution in [0, 0.1) is 11.8 Å². The first-order valence-corrected chi connectivity index (χ1v) is 6.28. The summed E-state index contributed by atoms with van der Waals surface area (Å²) in [6.45, 7) is -0.0521. The third-order valence-corrected chi connectivity index (χ3v) is 3.34. The fourth-order valence-corrected chi connectivity index (χ4v) is 2.02. The van der Waals surface area contributed by atoms with Gasteiger partial charge in [0.25, 0.3) is 0 Å². The summed E-state index contributed by atoms with van der Waals surface area (Å²) in [4.78, 5) is 0. The van der Waals surface area contributed by atoms with Crippen molar-refractivity contribution in [3.8, 4) is 5.75 Å². The number of rotatable bonds is 6. The largest absolute Gasteiger partial charge is 0.497 e. The number of ether oxygens (including phenoxy) is 2. The Morgan fingerprint density at radius 2 is 1.84 bits per heavy atom. The standard InChI is InChI=1S/C14H17F3O2/c1-18-12-6-2-10(3-7-12)8-19-9-13(11-4-5-11)14(15,16)17/h2-3,6-7,11,13H,4-5,8-9H2,1H3. The third kappa shape index (κ3) is 4.13. The van der Waals surface area contributed by atoms with Crippen molar-refractivity contribution >= 4 is 0 Å². The molecule has 1 aromatic carbocycles. The zero-order valence-corrected chi connectivity index (χ0v) is 10.7. The van der Waals surface area contributed by atoms with Crippen LogP contribution in [0.25, 0.3) is 0 Å². The highest BCUT2D eigenvalue weighted by molar-refractivity contribution is 5.26. The van der Waals surface area contributed by atoms with E-state index in [1.165, 1.54) is 0 Å². The molecule has 2 rings (SSSR count). The van der Waals surface area contributed by atoms with Crippen LogP contribution in [0.15, 0.2) is 24.3 Å². The van der Waals surface area contributed by atoms with Crippen molar-refractivity contribution in [1.82, 2.24) is 0 Å². The van der Waals surface area contributed by atoms with E-state index in [4.69, 9.17) is 9.47 Å². The number of alkyl halides is 3. The molecular weight excluding hydrogens is 257 g/mol. The van der Waals surface area contributed by atoms with Crippen LogP contribution in [0.3, 0.4) is 0 Å². The number of benzene rings is 1. The fraction of sp³-hybridized carbons (Fsp3) is 0.571. The summed E-state index contributed by atoms with van der Waals surface area (Å²) in [7, 11) is 1.56. The summed E-state index contributed by atoms with van der Waals surface area (Å²) in [5.41, 5.74) is 0.845. The number of halogens is 3. The Kier molecular flexibility index (Phi) is 4.34. The molecule has 1 aromatic rings. The minimum absolute atomic E-state index is 0.198. The summed E-state index contributed by atoms with van der Waals surface area (Å²) >= 11 is 0. The van der Waals surface area contributed by atoms with Crippen LogP contribution in [0.1, 0.15) is 18.4 Å². The lowest BCUT2D eigenvalue weighted by molar-refractivity contribution is -0.195. The monoisotopic (exact) mass is 274 g/mol. The van der Waals surface area contributed by atoms with E-state index in [1.54, 1.807) is 31.4 Å². The Labute approximate surface area is 110 Å². The van der Waals surface area contributed by atoms with Crippen molar-refractivity contribution in [3.05, 3.63) is 29.8 Å². The van der Waals surface area contributed by atoms with Gasteiger partial charge in [0.15, 0.2) is 0 Å². The van der Waals surface area contributed by atoms with E-state index in [0.29, 0.717) is 12.8 Å². The van der Waals surface area contributed by atoms with Gasteiger partial charge in [0.1, 0.15) is 5.75 Å². The lowest BCUT2D eigenvalue weighted by Crippen LogP contribution is -2.29. The second-order valence-electron chi connectivity index (χ2n) is 4.85. The van der Waals surface area contributed by atoms with Crippen LogP contribution in [0.5, 0.6) is 5.75 Å². The van der Waals surface area contributed by atoms with E-state index in [1.807, 2.05) is 0 Å². The van der Waals surface area contributed by atoms with E-state index >= 15 is 0 Å². The van der Waals surface area contributed by atoms with E-state index in [0.717, 1.165) is 11.3 Å². The maximum Gasteiger partial charge on any atom is 0.394 e. The molecule has 0 radical (unpaired) electrons. The lowest BCUT2D eigenvalue weighted by atomic mass is 10.1. The van der Waals surface area contributed by atoms with Crippen molar-refractivity contribution in [2.24, 2.45) is 11.8 Å². The molecule has 0 aliphatic heterocycles. The van der Waals surface area contributed by atoms with Gasteiger partial charge in [-0.25, -0.2) is 0 Å². The Balaban J connectivity index is 1.81. The predicted molar refractivity (Wildman–Crippen MR) is 64.9 cm³/mol. The smallest absolute Gasteiger partial charge is 0.394 e. The Morgan fingerprint density at radius 3 is 2.32 bits per heavy atom. The SMILES string of the molecule is COc1ccc(COCC(C2CC2)C(F)(F)F)cc1. The molecule has 0 amide bonds. The van der Waals surface area contributed by atoms with Gasteiger partial charge in [0, 0.05) is 0 Å². The van der Waals surface area contributed by atoms with Crippen molar-refractivity contribution in [3.63, 3.8) is 0 Å². The van der Waals surface area contributed by atoms with E-state index < -0.39 is 12.1 Å². The minimum Gasteiger partial charge on any atom is -0.497 e. The van der Waals surface area contributed by atoms with Gasteiger partial charge in [0.2, 0.25) is 0 Å². The first-order chi connectivity index (χ1) is 9.00. The zero-order chi connectivity index (χ0) is 13.9. The summed E-state index contributed by atoms with van der Waals surface area (Å²) in [6.07, 6.45) is -2.83. The Morgan fingerprint density at radius 1 is 1.21 bits per heavy atom. The van der Waals surface area contributed by atoms with Gasteiger partial charge in [0.05, 0.1) is 26.2 Å². The summed E-state index contributed by atoms with van der Waals surface area (Å²) in [5, 5.41) is 0. The fourth-order valence-electron chi connectivity index (χ4n) is 2.02. The number of methoxy groups -OCH3 is 1. The van der Waals surface area contributed by atoms with E-state index in [2.05, 4.69) is 0 Å². The van der Waals surface area contributed by atoms with Gasteiger partial charge >= 0.3 is 6.18 Å². The van der Waals surface area contributed by atoms with Crippen LogP contribution in [0.2, 0.25) is 0 Å². The van der Waals surface area contributed by atoms with Gasteiger partial charge in [-0.2, -0.15) is 13.2 Å². The third-order valence-electron chi connectivity index (χ3n) is 3.34. The molecule has 19 heavy (non-hydrogen) atoms. The molecule has 0 spiro atoms. The highest BCUT2D eigenvalue weighted by Gasteiger charge is 2.48. The summed E-state index contributed by atoms with van der Waals surface area (Å²) < 4.78 is 48.4. The number of hydrogen-bond acceptors (Lipinski definition) is 2. The molecule has 0 saturated heterocycles. The molecule has 1 fully saturated rings. The number of hydrogen-bond donors (Lipinski definition) is 0. The molecule has 0 aromatic heterocycles. The molecule has 1 aliphatic rings. The molecule has 1 saturated carbocycles. The topological polar surface area (TPSA) is 18.5 Å². The molecule has 1 aliphatic carbocycles. The first kappa shape index (κ1) is 14.2. The van der Waals surface area contributed by atoms with Crippen LogP contribution in [-0.4, -0.2) is 19.9 Å². The minimum atomic E-state index is -4.15. The summed E-state index contributed by atoms with van der Waals surface area (Å²) in [6, 6.07) is 7.11. The van der Waals surface area contributed by atoms with Crippen LogP contribution in [-0.2, 0) is 11.3 Å². The Hall–Kier alpha value is -1.23. The van der Waals surface area contributed by atoms with Gasteiger partial charge < -0.3 is 9.47 Å². The molecule has 5 heteroatoms. The van der Waals surface area contributed by atoms with Crippen molar-refractivity contribution < 1.29 is 22.6 Å². The van der Waals surface area contributed by atoms with E-state index in [9.17, 15) is 13.2 Å². The highest BCUT2D eigenvalue weighted by atomic mass is 19.4. The van der Waals surface area contributed by atoms with Gasteiger partial charge in [-0.3, -0.25) is 0 Å². The molecule has 0 bridgehead atoms. The van der Waals surface area contributed by atoms with E-state index in [-0.39, 0.29) is 19.1 Å². The molecule has 0 N–H and O–H groups in total. The normalized spacial score (nSPS) is 17.3. The molecule has 1 unspecified atom stereocenters. The maximum atomic E-state index is 12.7. The second-order valence-corrected chi connectivity index (χ2v) is 4.85. The average Bonchev–Trinajstić information content (AvgIpc) is 3.18. The van der Waals surface area contributed by atoms with Crippen LogP contribution in [0.4, 0.5) is 13.2 Å². The Bertz CT molecular complexity index is 396. The van der Waals surface area contributed by atoms with Crippen molar-refractivity contribution in [2.75, 3.05) is 13.7 Å². The van der Waals surface area contributed by atoms with Crippen LogP contribution >= 0.6 is 0 Å². The second kappa shape index (κ2) is 5.82. The van der Waals surface area contributed by atoms with Crippen LogP contribution < -0.4 is 4.74 Å². The maximum absolute atomic E-state index is 12.7. The molecule has 2 nitrogen and oxygen atoms in total. The van der Waals surface area contributed by atoms with Gasteiger partial charge in [-0.1, -0.05) is 12.1 Å². The summed E-state index contributed by atoms with van der Waals surface area (Å²) in [5.74, 6) is -0.837. The van der Waals surface area contributed by atoms with Crippen molar-refractivity contribution in [2.45, 2.75) is 25.6 Å². The molecular formula is C14H17F3O2. The zero-order valence-electron chi connectivity index (χ0n) is 10.7. The molecule has 106 valence electrons.